The van der Waals surface area contributed by atoms with Crippen LogP contribution < -0.4 is 0 Å². The average molecular weight is 353 g/mol. The van der Waals surface area contributed by atoms with Gasteiger partial charge in [0.2, 0.25) is 5.16 Å². The molecule has 6 nitrogen and oxygen atoms in total. The molecule has 0 radical (unpaired) electrons. The third-order valence-corrected chi connectivity index (χ3v) is 4.23. The molecule has 0 N–H and O–H groups in total. The molecule has 0 amide bonds. The summed E-state index contributed by atoms with van der Waals surface area (Å²) in [5.41, 5.74) is 1.62. The van der Waals surface area contributed by atoms with Gasteiger partial charge in [-0.2, -0.15) is 4.98 Å². The van der Waals surface area contributed by atoms with Crippen LogP contribution in [0.1, 0.15) is 5.82 Å². The maximum absolute atomic E-state index is 13.0. The average Bonchev–Trinajstić information content (AvgIpc) is 3.31. The van der Waals surface area contributed by atoms with Crippen LogP contribution in [0.5, 0.6) is 0 Å². The van der Waals surface area contributed by atoms with Gasteiger partial charge in [0.25, 0.3) is 5.89 Å². The first-order valence-electron chi connectivity index (χ1n) is 7.46. The SMILES string of the molecule is Fc1ccc(-c2nc(CSc3ncn(-c4ccccc4)n3)no2)cc1. The molecule has 2 aromatic heterocycles. The van der Waals surface area contributed by atoms with Crippen LogP contribution in [0.15, 0.2) is 70.6 Å². The molecule has 0 aliphatic rings. The van der Waals surface area contributed by atoms with Gasteiger partial charge < -0.3 is 4.52 Å². The molecular formula is C17H12FN5OS. The highest BCUT2D eigenvalue weighted by Crippen LogP contribution is 2.21. The standard InChI is InChI=1S/C17H12FN5OS/c18-13-8-6-12(7-9-13)16-20-15(22-24-16)10-25-17-19-11-23(21-17)14-4-2-1-3-5-14/h1-9,11H,10H2. The number of hydrogen-bond acceptors (Lipinski definition) is 6. The van der Waals surface area contributed by atoms with E-state index in [2.05, 4.69) is 20.2 Å². The van der Waals surface area contributed by atoms with Gasteiger partial charge in [-0.1, -0.05) is 35.1 Å². The number of rotatable bonds is 5. The van der Waals surface area contributed by atoms with Gasteiger partial charge in [-0.05, 0) is 36.4 Å². The van der Waals surface area contributed by atoms with Gasteiger partial charge in [-0.3, -0.25) is 0 Å². The maximum atomic E-state index is 13.0. The highest BCUT2D eigenvalue weighted by molar-refractivity contribution is 7.98. The van der Waals surface area contributed by atoms with Gasteiger partial charge in [-0.15, -0.1) is 5.10 Å². The highest BCUT2D eigenvalue weighted by atomic mass is 32.2. The number of benzene rings is 2. The van der Waals surface area contributed by atoms with Crippen molar-refractivity contribution < 1.29 is 8.91 Å². The molecule has 8 heteroatoms. The minimum Gasteiger partial charge on any atom is -0.334 e. The van der Waals surface area contributed by atoms with Crippen molar-refractivity contribution in [3.05, 3.63) is 72.6 Å². The monoisotopic (exact) mass is 353 g/mol. The Morgan fingerprint density at radius 3 is 2.64 bits per heavy atom. The zero-order valence-electron chi connectivity index (χ0n) is 12.9. The first-order valence-corrected chi connectivity index (χ1v) is 8.45. The molecule has 0 aliphatic heterocycles. The van der Waals surface area contributed by atoms with E-state index in [0.717, 1.165) is 5.69 Å². The molecule has 2 heterocycles. The van der Waals surface area contributed by atoms with E-state index in [1.807, 2.05) is 30.3 Å². The fourth-order valence-corrected chi connectivity index (χ4v) is 2.81. The van der Waals surface area contributed by atoms with Crippen molar-refractivity contribution in [2.45, 2.75) is 10.9 Å². The summed E-state index contributed by atoms with van der Waals surface area (Å²) in [6, 6.07) is 15.7. The second-order valence-corrected chi connectivity index (χ2v) is 6.06. The second-order valence-electron chi connectivity index (χ2n) is 5.12. The van der Waals surface area contributed by atoms with Gasteiger partial charge in [0, 0.05) is 5.56 Å². The summed E-state index contributed by atoms with van der Waals surface area (Å²) in [7, 11) is 0. The van der Waals surface area contributed by atoms with E-state index in [9.17, 15) is 4.39 Å². The summed E-state index contributed by atoms with van der Waals surface area (Å²) < 4.78 is 19.9. The molecule has 0 bridgehead atoms. The number of para-hydroxylation sites is 1. The molecular weight excluding hydrogens is 341 g/mol. The van der Waals surface area contributed by atoms with Crippen LogP contribution in [0.3, 0.4) is 0 Å². The fourth-order valence-electron chi connectivity index (χ4n) is 2.17. The molecule has 0 atom stereocenters. The highest BCUT2D eigenvalue weighted by Gasteiger charge is 2.11. The predicted octanol–water partition coefficient (Wildman–Crippen LogP) is 3.75. The van der Waals surface area contributed by atoms with Crippen LogP contribution >= 0.6 is 11.8 Å². The summed E-state index contributed by atoms with van der Waals surface area (Å²) >= 11 is 1.41. The molecule has 0 fully saturated rings. The Balaban J connectivity index is 1.42. The zero-order valence-corrected chi connectivity index (χ0v) is 13.7. The number of aromatic nitrogens is 5. The van der Waals surface area contributed by atoms with Crippen molar-refractivity contribution in [2.24, 2.45) is 0 Å². The van der Waals surface area contributed by atoms with Crippen molar-refractivity contribution >= 4 is 11.8 Å². The molecule has 4 rings (SSSR count). The van der Waals surface area contributed by atoms with Crippen LogP contribution in [0.4, 0.5) is 4.39 Å². The van der Waals surface area contributed by atoms with Gasteiger partial charge >= 0.3 is 0 Å². The van der Waals surface area contributed by atoms with Crippen LogP contribution in [-0.2, 0) is 5.75 Å². The Hall–Kier alpha value is -3.00. The van der Waals surface area contributed by atoms with E-state index in [4.69, 9.17) is 4.52 Å². The van der Waals surface area contributed by atoms with E-state index < -0.39 is 0 Å². The Kier molecular flexibility index (Phi) is 4.26. The molecule has 0 unspecified atom stereocenters. The summed E-state index contributed by atoms with van der Waals surface area (Å²) in [5.74, 6) is 1.06. The quantitative estimate of drug-likeness (QED) is 0.509. The summed E-state index contributed by atoms with van der Waals surface area (Å²) in [6.07, 6.45) is 1.66. The lowest BCUT2D eigenvalue weighted by atomic mass is 10.2. The van der Waals surface area contributed by atoms with E-state index in [0.29, 0.717) is 28.2 Å². The lowest BCUT2D eigenvalue weighted by molar-refractivity contribution is 0.425. The second kappa shape index (κ2) is 6.86. The molecule has 0 saturated heterocycles. The van der Waals surface area contributed by atoms with Crippen molar-refractivity contribution in [3.8, 4) is 17.1 Å². The van der Waals surface area contributed by atoms with E-state index in [1.54, 1.807) is 23.1 Å². The van der Waals surface area contributed by atoms with Gasteiger partial charge in [-0.25, -0.2) is 14.1 Å². The van der Waals surface area contributed by atoms with E-state index in [-0.39, 0.29) is 5.82 Å². The lowest BCUT2D eigenvalue weighted by Gasteiger charge is -1.97. The minimum absolute atomic E-state index is 0.306. The molecule has 0 saturated carbocycles. The zero-order chi connectivity index (χ0) is 17.1. The van der Waals surface area contributed by atoms with E-state index in [1.165, 1.54) is 23.9 Å². The third-order valence-electron chi connectivity index (χ3n) is 3.38. The van der Waals surface area contributed by atoms with Gasteiger partial charge in [0.15, 0.2) is 5.82 Å². The number of nitrogens with zero attached hydrogens (tertiary/aromatic N) is 5. The van der Waals surface area contributed by atoms with Crippen LogP contribution in [0, 0.1) is 5.82 Å². The number of thioether (sulfide) groups is 1. The molecule has 124 valence electrons. The Bertz CT molecular complexity index is 968. The third kappa shape index (κ3) is 3.58. The molecule has 25 heavy (non-hydrogen) atoms. The molecule has 0 spiro atoms. The largest absolute Gasteiger partial charge is 0.334 e. The van der Waals surface area contributed by atoms with Crippen LogP contribution in [0.25, 0.3) is 17.1 Å². The minimum atomic E-state index is -0.306. The van der Waals surface area contributed by atoms with Gasteiger partial charge in [0.05, 0.1) is 11.4 Å². The smallest absolute Gasteiger partial charge is 0.257 e. The first kappa shape index (κ1) is 15.5. The predicted molar refractivity (Wildman–Crippen MR) is 90.6 cm³/mol. The molecule has 4 aromatic rings. The topological polar surface area (TPSA) is 69.6 Å². The van der Waals surface area contributed by atoms with Crippen molar-refractivity contribution in [1.82, 2.24) is 24.9 Å². The maximum Gasteiger partial charge on any atom is 0.257 e. The summed E-state index contributed by atoms with van der Waals surface area (Å²) in [6.45, 7) is 0. The van der Waals surface area contributed by atoms with Crippen LogP contribution in [0.2, 0.25) is 0 Å². The normalized spacial score (nSPS) is 10.9. The Morgan fingerprint density at radius 2 is 1.84 bits per heavy atom. The molecule has 0 aliphatic carbocycles. The first-order chi connectivity index (χ1) is 12.3. The van der Waals surface area contributed by atoms with Crippen molar-refractivity contribution in [2.75, 3.05) is 0 Å². The van der Waals surface area contributed by atoms with Crippen molar-refractivity contribution in [3.63, 3.8) is 0 Å². The summed E-state index contributed by atoms with van der Waals surface area (Å²) in [4.78, 5) is 8.58. The fraction of sp³-hybridized carbons (Fsp3) is 0.0588. The molecule has 2 aromatic carbocycles. The van der Waals surface area contributed by atoms with Crippen molar-refractivity contribution in [1.29, 1.82) is 0 Å². The Morgan fingerprint density at radius 1 is 1.04 bits per heavy atom. The summed E-state index contributed by atoms with van der Waals surface area (Å²) in [5, 5.41) is 8.97. The van der Waals surface area contributed by atoms with E-state index >= 15 is 0 Å². The van der Waals surface area contributed by atoms with Gasteiger partial charge in [0.1, 0.15) is 12.1 Å². The van der Waals surface area contributed by atoms with Crippen LogP contribution in [-0.4, -0.2) is 24.9 Å². The Labute approximate surface area is 146 Å². The number of hydrogen-bond donors (Lipinski definition) is 0. The lowest BCUT2D eigenvalue weighted by Crippen LogP contribution is -1.93. The number of halogens is 1.